The van der Waals surface area contributed by atoms with Crippen LogP contribution in [0.25, 0.3) is 0 Å². The normalized spacial score (nSPS) is 10.5. The van der Waals surface area contributed by atoms with Crippen molar-refractivity contribution in [2.75, 3.05) is 25.6 Å². The summed E-state index contributed by atoms with van der Waals surface area (Å²) in [5, 5.41) is 3.42. The summed E-state index contributed by atoms with van der Waals surface area (Å²) in [6, 6.07) is 16.9. The number of rotatable bonds is 8. The minimum atomic E-state index is 0.866. The van der Waals surface area contributed by atoms with Crippen molar-refractivity contribution >= 4 is 5.69 Å². The molecule has 0 spiro atoms. The van der Waals surface area contributed by atoms with Crippen LogP contribution in [0.1, 0.15) is 24.5 Å². The fourth-order valence-corrected chi connectivity index (χ4v) is 2.50. The highest BCUT2D eigenvalue weighted by atomic mass is 16.5. The standard InChI is InChI=1S/C19H26N2O/c1-4-12-20-14-17-10-11-18(19(13-17)22-3)21(2)15-16-8-6-5-7-9-16/h5-11,13,20H,4,12,14-15H2,1-3H3. The van der Waals surface area contributed by atoms with Gasteiger partial charge in [0.25, 0.3) is 0 Å². The summed E-state index contributed by atoms with van der Waals surface area (Å²) in [4.78, 5) is 2.22. The van der Waals surface area contributed by atoms with Gasteiger partial charge in [-0.1, -0.05) is 43.3 Å². The fourth-order valence-electron chi connectivity index (χ4n) is 2.50. The van der Waals surface area contributed by atoms with Gasteiger partial charge in [0, 0.05) is 20.1 Å². The first kappa shape index (κ1) is 16.4. The van der Waals surface area contributed by atoms with Gasteiger partial charge < -0.3 is 15.0 Å². The van der Waals surface area contributed by atoms with Crippen molar-refractivity contribution in [2.45, 2.75) is 26.4 Å². The van der Waals surface area contributed by atoms with Gasteiger partial charge in [-0.2, -0.15) is 0 Å². The Morgan fingerprint density at radius 1 is 1.05 bits per heavy atom. The second-order valence-corrected chi connectivity index (χ2v) is 5.52. The third-order valence-electron chi connectivity index (χ3n) is 3.67. The van der Waals surface area contributed by atoms with Gasteiger partial charge in [0.1, 0.15) is 5.75 Å². The van der Waals surface area contributed by atoms with Gasteiger partial charge in [0.15, 0.2) is 0 Å². The van der Waals surface area contributed by atoms with Crippen LogP contribution in [0.5, 0.6) is 5.75 Å². The van der Waals surface area contributed by atoms with E-state index >= 15 is 0 Å². The molecule has 0 saturated heterocycles. The third kappa shape index (κ3) is 4.50. The average Bonchev–Trinajstić information content (AvgIpc) is 2.55. The molecular formula is C19H26N2O. The van der Waals surface area contributed by atoms with Crippen molar-refractivity contribution in [1.29, 1.82) is 0 Å². The molecule has 0 bridgehead atoms. The SMILES string of the molecule is CCCNCc1ccc(N(C)Cc2ccccc2)c(OC)c1. The smallest absolute Gasteiger partial charge is 0.142 e. The summed E-state index contributed by atoms with van der Waals surface area (Å²) in [5.74, 6) is 0.925. The van der Waals surface area contributed by atoms with Gasteiger partial charge in [-0.25, -0.2) is 0 Å². The van der Waals surface area contributed by atoms with Gasteiger partial charge in [-0.3, -0.25) is 0 Å². The molecule has 0 radical (unpaired) electrons. The van der Waals surface area contributed by atoms with E-state index in [1.165, 1.54) is 11.1 Å². The van der Waals surface area contributed by atoms with E-state index in [1.54, 1.807) is 7.11 Å². The summed E-state index contributed by atoms with van der Waals surface area (Å²) in [7, 11) is 3.83. The first-order valence-corrected chi connectivity index (χ1v) is 7.87. The van der Waals surface area contributed by atoms with E-state index in [0.29, 0.717) is 0 Å². The Hall–Kier alpha value is -2.00. The van der Waals surface area contributed by atoms with E-state index in [-0.39, 0.29) is 0 Å². The van der Waals surface area contributed by atoms with Crippen LogP contribution in [-0.2, 0) is 13.1 Å². The highest BCUT2D eigenvalue weighted by Gasteiger charge is 2.09. The third-order valence-corrected chi connectivity index (χ3v) is 3.67. The minimum absolute atomic E-state index is 0.866. The van der Waals surface area contributed by atoms with Crippen LogP contribution in [0.3, 0.4) is 0 Å². The van der Waals surface area contributed by atoms with Crippen LogP contribution < -0.4 is 15.0 Å². The maximum Gasteiger partial charge on any atom is 0.142 e. The molecule has 0 saturated carbocycles. The van der Waals surface area contributed by atoms with E-state index in [0.717, 1.165) is 37.5 Å². The lowest BCUT2D eigenvalue weighted by Crippen LogP contribution is -2.18. The number of nitrogens with zero attached hydrogens (tertiary/aromatic N) is 1. The van der Waals surface area contributed by atoms with Crippen LogP contribution >= 0.6 is 0 Å². The molecular weight excluding hydrogens is 272 g/mol. The molecule has 118 valence electrons. The van der Waals surface area contributed by atoms with Crippen LogP contribution in [0.2, 0.25) is 0 Å². The molecule has 2 aromatic rings. The molecule has 0 atom stereocenters. The van der Waals surface area contributed by atoms with E-state index in [9.17, 15) is 0 Å². The van der Waals surface area contributed by atoms with Crippen LogP contribution in [0, 0.1) is 0 Å². The second kappa shape index (κ2) is 8.44. The van der Waals surface area contributed by atoms with Crippen molar-refractivity contribution in [3.05, 3.63) is 59.7 Å². The molecule has 22 heavy (non-hydrogen) atoms. The number of nitrogens with one attached hydrogen (secondary N) is 1. The fraction of sp³-hybridized carbons (Fsp3) is 0.368. The number of methoxy groups -OCH3 is 1. The molecule has 2 rings (SSSR count). The first-order valence-electron chi connectivity index (χ1n) is 7.87. The molecule has 0 amide bonds. The predicted octanol–water partition coefficient (Wildman–Crippen LogP) is 3.83. The molecule has 0 unspecified atom stereocenters. The van der Waals surface area contributed by atoms with E-state index < -0.39 is 0 Å². The minimum Gasteiger partial charge on any atom is -0.495 e. The number of hydrogen-bond donors (Lipinski definition) is 1. The maximum atomic E-state index is 5.58. The lowest BCUT2D eigenvalue weighted by atomic mass is 10.1. The lowest BCUT2D eigenvalue weighted by molar-refractivity contribution is 0.414. The predicted molar refractivity (Wildman–Crippen MR) is 93.5 cm³/mol. The highest BCUT2D eigenvalue weighted by molar-refractivity contribution is 5.59. The summed E-state index contributed by atoms with van der Waals surface area (Å²) in [6.07, 6.45) is 1.15. The van der Waals surface area contributed by atoms with Crippen molar-refractivity contribution in [1.82, 2.24) is 5.32 Å². The van der Waals surface area contributed by atoms with Crippen molar-refractivity contribution in [3.8, 4) is 5.75 Å². The quantitative estimate of drug-likeness (QED) is 0.750. The summed E-state index contributed by atoms with van der Waals surface area (Å²) < 4.78 is 5.58. The zero-order valence-corrected chi connectivity index (χ0v) is 13.8. The van der Waals surface area contributed by atoms with Crippen LogP contribution in [0.4, 0.5) is 5.69 Å². The molecule has 0 aromatic heterocycles. The molecule has 0 fully saturated rings. The average molecular weight is 298 g/mol. The van der Waals surface area contributed by atoms with Crippen LogP contribution in [-0.4, -0.2) is 20.7 Å². The van der Waals surface area contributed by atoms with Crippen LogP contribution in [0.15, 0.2) is 48.5 Å². The van der Waals surface area contributed by atoms with Gasteiger partial charge in [-0.05, 0) is 36.2 Å². The van der Waals surface area contributed by atoms with Crippen molar-refractivity contribution in [2.24, 2.45) is 0 Å². The summed E-state index contributed by atoms with van der Waals surface area (Å²) in [6.45, 7) is 4.96. The Morgan fingerprint density at radius 3 is 2.50 bits per heavy atom. The zero-order chi connectivity index (χ0) is 15.8. The zero-order valence-electron chi connectivity index (χ0n) is 13.8. The largest absolute Gasteiger partial charge is 0.495 e. The van der Waals surface area contributed by atoms with E-state index in [2.05, 4.69) is 66.7 Å². The van der Waals surface area contributed by atoms with Crippen molar-refractivity contribution < 1.29 is 4.74 Å². The van der Waals surface area contributed by atoms with Gasteiger partial charge in [0.2, 0.25) is 0 Å². The van der Waals surface area contributed by atoms with E-state index in [1.807, 2.05) is 6.07 Å². The Morgan fingerprint density at radius 2 is 1.82 bits per heavy atom. The van der Waals surface area contributed by atoms with Gasteiger partial charge >= 0.3 is 0 Å². The maximum absolute atomic E-state index is 5.58. The Labute approximate surface area is 133 Å². The lowest BCUT2D eigenvalue weighted by Gasteiger charge is -2.22. The Kier molecular flexibility index (Phi) is 6.28. The molecule has 3 heteroatoms. The number of ether oxygens (including phenoxy) is 1. The molecule has 0 aliphatic carbocycles. The summed E-state index contributed by atoms with van der Waals surface area (Å²) >= 11 is 0. The molecule has 3 nitrogen and oxygen atoms in total. The number of anilines is 1. The monoisotopic (exact) mass is 298 g/mol. The van der Waals surface area contributed by atoms with Crippen molar-refractivity contribution in [3.63, 3.8) is 0 Å². The number of benzene rings is 2. The summed E-state index contributed by atoms with van der Waals surface area (Å²) in [5.41, 5.74) is 3.66. The Bertz CT molecular complexity index is 569. The van der Waals surface area contributed by atoms with Gasteiger partial charge in [0.05, 0.1) is 12.8 Å². The molecule has 0 aliphatic rings. The number of hydrogen-bond acceptors (Lipinski definition) is 3. The molecule has 1 N–H and O–H groups in total. The molecule has 2 aromatic carbocycles. The topological polar surface area (TPSA) is 24.5 Å². The van der Waals surface area contributed by atoms with E-state index in [4.69, 9.17) is 4.74 Å². The first-order chi connectivity index (χ1) is 10.7. The van der Waals surface area contributed by atoms with Gasteiger partial charge in [-0.15, -0.1) is 0 Å². The highest BCUT2D eigenvalue weighted by Crippen LogP contribution is 2.29. The molecule has 0 aliphatic heterocycles. The molecule has 0 heterocycles. The Balaban J connectivity index is 2.09. The second-order valence-electron chi connectivity index (χ2n) is 5.52.